The Hall–Kier alpha value is -3.08. The van der Waals surface area contributed by atoms with E-state index in [1.54, 1.807) is 42.4 Å². The molecule has 0 aliphatic heterocycles. The molecule has 0 aliphatic rings. The van der Waals surface area contributed by atoms with Gasteiger partial charge in [0.15, 0.2) is 0 Å². The van der Waals surface area contributed by atoms with Crippen LogP contribution >= 0.6 is 0 Å². The average molecular weight is 352 g/mol. The van der Waals surface area contributed by atoms with Crippen molar-refractivity contribution in [3.63, 3.8) is 0 Å². The fourth-order valence-electron chi connectivity index (χ4n) is 2.48. The van der Waals surface area contributed by atoms with Crippen LogP contribution in [0.1, 0.15) is 29.8 Å². The van der Waals surface area contributed by atoms with Gasteiger partial charge in [-0.25, -0.2) is 0 Å². The van der Waals surface area contributed by atoms with E-state index in [2.05, 4.69) is 5.32 Å². The normalized spacial score (nSPS) is 11.0. The van der Waals surface area contributed by atoms with Gasteiger partial charge in [-0.2, -0.15) is 0 Å². The topological polar surface area (TPSA) is 58.6 Å². The minimum Gasteiger partial charge on any atom is -0.497 e. The van der Waals surface area contributed by atoms with Crippen LogP contribution in [-0.4, -0.2) is 36.9 Å². The van der Waals surface area contributed by atoms with Crippen LogP contribution in [0.5, 0.6) is 5.75 Å². The molecule has 0 fully saturated rings. The average Bonchev–Trinajstić information content (AvgIpc) is 2.69. The smallest absolute Gasteiger partial charge is 0.270 e. The van der Waals surface area contributed by atoms with Crippen molar-refractivity contribution in [2.75, 3.05) is 20.2 Å². The zero-order valence-corrected chi connectivity index (χ0v) is 15.4. The Labute approximate surface area is 154 Å². The fraction of sp³-hybridized carbons (Fsp3) is 0.238. The Bertz CT molecular complexity index is 764. The number of nitrogens with one attached hydrogen (secondary N) is 1. The van der Waals surface area contributed by atoms with E-state index in [4.69, 9.17) is 4.74 Å². The maximum atomic E-state index is 12.8. The van der Waals surface area contributed by atoms with E-state index in [-0.39, 0.29) is 17.5 Å². The molecule has 2 aromatic carbocycles. The number of carbonyl (C=O) groups is 2. The molecule has 0 unspecified atom stereocenters. The molecule has 0 radical (unpaired) electrons. The summed E-state index contributed by atoms with van der Waals surface area (Å²) in [5.74, 6) is 0.202. The molecule has 0 atom stereocenters. The van der Waals surface area contributed by atoms with Gasteiger partial charge in [-0.1, -0.05) is 30.3 Å². The molecule has 0 aliphatic carbocycles. The second-order valence-electron chi connectivity index (χ2n) is 5.63. The van der Waals surface area contributed by atoms with Crippen LogP contribution in [0.25, 0.3) is 6.08 Å². The molecule has 0 spiro atoms. The lowest BCUT2D eigenvalue weighted by Gasteiger charge is -2.21. The first-order valence-electron chi connectivity index (χ1n) is 8.60. The molecule has 0 heterocycles. The minimum absolute atomic E-state index is 0.213. The largest absolute Gasteiger partial charge is 0.497 e. The summed E-state index contributed by atoms with van der Waals surface area (Å²) in [6, 6.07) is 16.1. The summed E-state index contributed by atoms with van der Waals surface area (Å²) in [6.07, 6.45) is 1.68. The number of hydrogen-bond donors (Lipinski definition) is 1. The third-order valence-corrected chi connectivity index (χ3v) is 3.99. The van der Waals surface area contributed by atoms with Crippen LogP contribution in [0.3, 0.4) is 0 Å². The Kier molecular flexibility index (Phi) is 6.97. The predicted octanol–water partition coefficient (Wildman–Crippen LogP) is 3.33. The number of amides is 2. The van der Waals surface area contributed by atoms with Crippen LogP contribution in [0.2, 0.25) is 0 Å². The van der Waals surface area contributed by atoms with E-state index in [1.807, 2.05) is 44.2 Å². The number of carbonyl (C=O) groups excluding carboxylic acids is 2. The van der Waals surface area contributed by atoms with E-state index < -0.39 is 0 Å². The Morgan fingerprint density at radius 2 is 1.62 bits per heavy atom. The Balaban J connectivity index is 2.32. The molecule has 0 bridgehead atoms. The van der Waals surface area contributed by atoms with Gasteiger partial charge in [0.1, 0.15) is 11.4 Å². The lowest BCUT2D eigenvalue weighted by molar-refractivity contribution is -0.127. The molecule has 0 saturated carbocycles. The number of hydrogen-bond acceptors (Lipinski definition) is 3. The molecule has 5 nitrogen and oxygen atoms in total. The van der Waals surface area contributed by atoms with Crippen molar-refractivity contribution in [1.82, 2.24) is 10.2 Å². The Morgan fingerprint density at radius 1 is 1.00 bits per heavy atom. The van der Waals surface area contributed by atoms with E-state index in [0.717, 1.165) is 11.3 Å². The van der Waals surface area contributed by atoms with Crippen molar-refractivity contribution in [1.29, 1.82) is 0 Å². The van der Waals surface area contributed by atoms with Gasteiger partial charge in [0.05, 0.1) is 7.11 Å². The lowest BCUT2D eigenvalue weighted by Crippen LogP contribution is -2.38. The zero-order valence-electron chi connectivity index (χ0n) is 15.4. The van der Waals surface area contributed by atoms with Crippen LogP contribution in [-0.2, 0) is 4.79 Å². The Morgan fingerprint density at radius 3 is 2.15 bits per heavy atom. The monoisotopic (exact) mass is 352 g/mol. The summed E-state index contributed by atoms with van der Waals surface area (Å²) in [5, 5.41) is 2.76. The number of nitrogens with zero attached hydrogens (tertiary/aromatic N) is 1. The molecule has 136 valence electrons. The highest BCUT2D eigenvalue weighted by atomic mass is 16.5. The lowest BCUT2D eigenvalue weighted by atomic mass is 10.1. The highest BCUT2D eigenvalue weighted by molar-refractivity contribution is 6.05. The summed E-state index contributed by atoms with van der Waals surface area (Å²) in [6.45, 7) is 4.95. The first kappa shape index (κ1) is 19.2. The number of ether oxygens (including phenoxy) is 1. The molecule has 2 aromatic rings. The summed E-state index contributed by atoms with van der Waals surface area (Å²) in [5.41, 5.74) is 1.54. The molecule has 26 heavy (non-hydrogen) atoms. The van der Waals surface area contributed by atoms with Gasteiger partial charge < -0.3 is 15.0 Å². The molecular formula is C21H24N2O3. The first-order chi connectivity index (χ1) is 12.6. The van der Waals surface area contributed by atoms with Gasteiger partial charge in [0, 0.05) is 18.7 Å². The molecule has 2 amide bonds. The van der Waals surface area contributed by atoms with E-state index >= 15 is 0 Å². The standard InChI is InChI=1S/C21H24N2O3/c1-4-23(5-2)21(25)19(15-16-11-13-18(26-3)14-12-16)22-20(24)17-9-7-6-8-10-17/h6-15H,4-5H2,1-3H3,(H,22,24)/b19-15-. The highest BCUT2D eigenvalue weighted by Crippen LogP contribution is 2.15. The molecule has 0 saturated heterocycles. The summed E-state index contributed by atoms with van der Waals surface area (Å²) >= 11 is 0. The van der Waals surface area contributed by atoms with Crippen LogP contribution in [0, 0.1) is 0 Å². The first-order valence-corrected chi connectivity index (χ1v) is 8.60. The highest BCUT2D eigenvalue weighted by Gasteiger charge is 2.18. The van der Waals surface area contributed by atoms with E-state index in [9.17, 15) is 9.59 Å². The number of rotatable bonds is 7. The molecule has 0 aromatic heterocycles. The molecule has 2 rings (SSSR count). The van der Waals surface area contributed by atoms with E-state index in [0.29, 0.717) is 18.7 Å². The van der Waals surface area contributed by atoms with Crippen molar-refractivity contribution in [2.45, 2.75) is 13.8 Å². The van der Waals surface area contributed by atoms with Gasteiger partial charge >= 0.3 is 0 Å². The van der Waals surface area contributed by atoms with Crippen LogP contribution < -0.4 is 10.1 Å². The second kappa shape index (κ2) is 9.42. The predicted molar refractivity (Wildman–Crippen MR) is 103 cm³/mol. The van der Waals surface area contributed by atoms with Crippen LogP contribution in [0.15, 0.2) is 60.3 Å². The van der Waals surface area contributed by atoms with Crippen molar-refractivity contribution in [3.8, 4) is 5.75 Å². The zero-order chi connectivity index (χ0) is 18.9. The van der Waals surface area contributed by atoms with Gasteiger partial charge in [-0.05, 0) is 49.8 Å². The maximum absolute atomic E-state index is 12.8. The molecule has 5 heteroatoms. The van der Waals surface area contributed by atoms with Crippen molar-refractivity contribution < 1.29 is 14.3 Å². The SMILES string of the molecule is CCN(CC)C(=O)/C(=C/c1ccc(OC)cc1)NC(=O)c1ccccc1. The second-order valence-corrected chi connectivity index (χ2v) is 5.63. The number of methoxy groups -OCH3 is 1. The summed E-state index contributed by atoms with van der Waals surface area (Å²) < 4.78 is 5.15. The van der Waals surface area contributed by atoms with Crippen LogP contribution in [0.4, 0.5) is 0 Å². The third-order valence-electron chi connectivity index (χ3n) is 3.99. The number of likely N-dealkylation sites (N-methyl/N-ethyl adjacent to an activating group) is 1. The quantitative estimate of drug-likeness (QED) is 0.778. The fourth-order valence-corrected chi connectivity index (χ4v) is 2.48. The summed E-state index contributed by atoms with van der Waals surface area (Å²) in [7, 11) is 1.60. The van der Waals surface area contributed by atoms with Crippen molar-refractivity contribution >= 4 is 17.9 Å². The summed E-state index contributed by atoms with van der Waals surface area (Å²) in [4.78, 5) is 27.0. The molecule has 1 N–H and O–H groups in total. The molecular weight excluding hydrogens is 328 g/mol. The van der Waals surface area contributed by atoms with E-state index in [1.165, 1.54) is 0 Å². The third kappa shape index (κ3) is 4.96. The maximum Gasteiger partial charge on any atom is 0.270 e. The van der Waals surface area contributed by atoms with Crippen molar-refractivity contribution in [2.24, 2.45) is 0 Å². The minimum atomic E-state index is -0.314. The van der Waals surface area contributed by atoms with Gasteiger partial charge in [0.25, 0.3) is 11.8 Å². The van der Waals surface area contributed by atoms with Gasteiger partial charge in [0.2, 0.25) is 0 Å². The number of benzene rings is 2. The van der Waals surface area contributed by atoms with Gasteiger partial charge in [-0.3, -0.25) is 9.59 Å². The van der Waals surface area contributed by atoms with Gasteiger partial charge in [-0.15, -0.1) is 0 Å². The van der Waals surface area contributed by atoms with Crippen molar-refractivity contribution in [3.05, 3.63) is 71.4 Å².